The van der Waals surface area contributed by atoms with Gasteiger partial charge in [0.1, 0.15) is 5.82 Å². The first-order valence-corrected chi connectivity index (χ1v) is 8.32. The van der Waals surface area contributed by atoms with Crippen molar-refractivity contribution in [2.45, 2.75) is 13.0 Å². The summed E-state index contributed by atoms with van der Waals surface area (Å²) in [5.41, 5.74) is 2.36. The standard InChI is InChI=1S/C18H16ClN5O/c1-20-11-17-22-21-16-10-18(25)23(13-5-3-2-4-6-13)15-9-12(19)7-8-14(15)24(16)17/h2-9,20H,10-11H2,1H3. The maximum atomic E-state index is 13.0. The molecule has 0 fully saturated rings. The summed E-state index contributed by atoms with van der Waals surface area (Å²) in [7, 11) is 1.85. The number of hydrogen-bond donors (Lipinski definition) is 1. The first kappa shape index (κ1) is 15.8. The Morgan fingerprint density at radius 3 is 2.68 bits per heavy atom. The molecule has 126 valence electrons. The Bertz CT molecular complexity index is 938. The van der Waals surface area contributed by atoms with E-state index in [2.05, 4.69) is 15.5 Å². The van der Waals surface area contributed by atoms with E-state index < -0.39 is 0 Å². The summed E-state index contributed by atoms with van der Waals surface area (Å²) in [6.07, 6.45) is 0.165. The summed E-state index contributed by atoms with van der Waals surface area (Å²) >= 11 is 6.24. The number of aromatic nitrogens is 3. The second-order valence-electron chi connectivity index (χ2n) is 5.77. The van der Waals surface area contributed by atoms with E-state index in [-0.39, 0.29) is 12.3 Å². The third kappa shape index (κ3) is 2.69. The molecule has 4 rings (SSSR count). The van der Waals surface area contributed by atoms with E-state index in [1.165, 1.54) is 0 Å². The molecule has 1 amide bonds. The predicted octanol–water partition coefficient (Wildman–Crippen LogP) is 2.86. The van der Waals surface area contributed by atoms with Crippen LogP contribution in [0.4, 0.5) is 11.4 Å². The first-order valence-electron chi connectivity index (χ1n) is 7.94. The number of halogens is 1. The third-order valence-corrected chi connectivity index (χ3v) is 4.36. The quantitative estimate of drug-likeness (QED) is 0.786. The molecule has 3 aromatic rings. The van der Waals surface area contributed by atoms with Gasteiger partial charge >= 0.3 is 0 Å². The number of benzene rings is 2. The third-order valence-electron chi connectivity index (χ3n) is 4.12. The van der Waals surface area contributed by atoms with Crippen molar-refractivity contribution in [1.82, 2.24) is 20.1 Å². The molecule has 0 radical (unpaired) electrons. The monoisotopic (exact) mass is 353 g/mol. The van der Waals surface area contributed by atoms with E-state index in [1.54, 1.807) is 11.0 Å². The van der Waals surface area contributed by atoms with Crippen LogP contribution in [-0.4, -0.2) is 27.7 Å². The lowest BCUT2D eigenvalue weighted by Crippen LogP contribution is -2.26. The second-order valence-corrected chi connectivity index (χ2v) is 6.21. The number of nitrogens with zero attached hydrogens (tertiary/aromatic N) is 4. The Labute approximate surface area is 150 Å². The number of fused-ring (bicyclic) bond motifs is 3. The molecule has 1 aliphatic rings. The van der Waals surface area contributed by atoms with E-state index in [0.29, 0.717) is 17.4 Å². The van der Waals surface area contributed by atoms with Crippen LogP contribution >= 0.6 is 11.6 Å². The minimum atomic E-state index is -0.0723. The van der Waals surface area contributed by atoms with Crippen LogP contribution in [-0.2, 0) is 17.8 Å². The number of nitrogens with one attached hydrogen (secondary N) is 1. The van der Waals surface area contributed by atoms with Crippen molar-refractivity contribution in [3.05, 3.63) is 65.2 Å². The molecule has 7 heteroatoms. The average molecular weight is 354 g/mol. The lowest BCUT2D eigenvalue weighted by atomic mass is 10.2. The van der Waals surface area contributed by atoms with Crippen LogP contribution in [0.3, 0.4) is 0 Å². The SMILES string of the molecule is CNCc1nnc2n1-c1ccc(Cl)cc1N(c1ccccc1)C(=O)C2. The van der Waals surface area contributed by atoms with E-state index in [9.17, 15) is 4.79 Å². The van der Waals surface area contributed by atoms with Crippen LogP contribution in [0.5, 0.6) is 0 Å². The average Bonchev–Trinajstić information content (AvgIpc) is 2.94. The maximum Gasteiger partial charge on any atom is 0.239 e. The van der Waals surface area contributed by atoms with E-state index in [1.807, 2.05) is 54.1 Å². The fourth-order valence-electron chi connectivity index (χ4n) is 3.09. The van der Waals surface area contributed by atoms with E-state index in [4.69, 9.17) is 11.6 Å². The van der Waals surface area contributed by atoms with Crippen LogP contribution < -0.4 is 10.2 Å². The summed E-state index contributed by atoms with van der Waals surface area (Å²) in [5.74, 6) is 1.30. The maximum absolute atomic E-state index is 13.0. The van der Waals surface area contributed by atoms with Crippen molar-refractivity contribution in [3.63, 3.8) is 0 Å². The molecule has 2 heterocycles. The zero-order valence-electron chi connectivity index (χ0n) is 13.6. The highest BCUT2D eigenvalue weighted by Gasteiger charge is 2.30. The molecule has 1 aliphatic heterocycles. The van der Waals surface area contributed by atoms with E-state index in [0.717, 1.165) is 22.9 Å². The van der Waals surface area contributed by atoms with Gasteiger partial charge in [0, 0.05) is 10.7 Å². The molecular formula is C18H16ClN5O. The molecule has 0 saturated heterocycles. The Balaban J connectivity index is 1.98. The molecule has 2 aromatic carbocycles. The van der Waals surface area contributed by atoms with Crippen molar-refractivity contribution >= 4 is 28.9 Å². The van der Waals surface area contributed by atoms with Gasteiger partial charge in [-0.25, -0.2) is 0 Å². The summed E-state index contributed by atoms with van der Waals surface area (Å²) in [4.78, 5) is 14.7. The van der Waals surface area contributed by atoms with Crippen molar-refractivity contribution in [2.24, 2.45) is 0 Å². The number of anilines is 2. The van der Waals surface area contributed by atoms with Crippen LogP contribution in [0.15, 0.2) is 48.5 Å². The Morgan fingerprint density at radius 2 is 1.92 bits per heavy atom. The number of carbonyl (C=O) groups is 1. The summed E-state index contributed by atoms with van der Waals surface area (Å²) in [6.45, 7) is 0.550. The fourth-order valence-corrected chi connectivity index (χ4v) is 3.26. The van der Waals surface area contributed by atoms with E-state index >= 15 is 0 Å². The molecule has 1 N–H and O–H groups in total. The molecule has 6 nitrogen and oxygen atoms in total. The van der Waals surface area contributed by atoms with Crippen LogP contribution in [0, 0.1) is 0 Å². The van der Waals surface area contributed by atoms with Gasteiger partial charge in [-0.15, -0.1) is 10.2 Å². The lowest BCUT2D eigenvalue weighted by Gasteiger charge is -2.23. The molecular weight excluding hydrogens is 338 g/mol. The van der Waals surface area contributed by atoms with Crippen molar-refractivity contribution < 1.29 is 4.79 Å². The van der Waals surface area contributed by atoms with Crippen molar-refractivity contribution in [2.75, 3.05) is 11.9 Å². The normalized spacial score (nSPS) is 13.4. The molecule has 0 bridgehead atoms. The molecule has 0 spiro atoms. The van der Waals surface area contributed by atoms with Gasteiger partial charge in [-0.2, -0.15) is 0 Å². The largest absolute Gasteiger partial charge is 0.313 e. The smallest absolute Gasteiger partial charge is 0.239 e. The highest BCUT2D eigenvalue weighted by molar-refractivity contribution is 6.31. The zero-order chi connectivity index (χ0) is 17.4. The summed E-state index contributed by atoms with van der Waals surface area (Å²) < 4.78 is 1.93. The fraction of sp³-hybridized carbons (Fsp3) is 0.167. The highest BCUT2D eigenvalue weighted by atomic mass is 35.5. The van der Waals surface area contributed by atoms with Crippen molar-refractivity contribution in [1.29, 1.82) is 0 Å². The first-order chi connectivity index (χ1) is 12.2. The topological polar surface area (TPSA) is 63.1 Å². The number of carbonyl (C=O) groups excluding carboxylic acids is 1. The Kier molecular flexibility index (Phi) is 3.99. The van der Waals surface area contributed by atoms with Gasteiger partial charge in [0.25, 0.3) is 0 Å². The second kappa shape index (κ2) is 6.31. The number of rotatable bonds is 3. The summed E-state index contributed by atoms with van der Waals surface area (Å²) in [6, 6.07) is 15.1. The molecule has 0 saturated carbocycles. The number of para-hydroxylation sites is 1. The van der Waals surface area contributed by atoms with Gasteiger partial charge in [0.05, 0.1) is 24.3 Å². The van der Waals surface area contributed by atoms with Gasteiger partial charge in [-0.05, 0) is 37.4 Å². The van der Waals surface area contributed by atoms with Gasteiger partial charge < -0.3 is 5.32 Å². The predicted molar refractivity (Wildman–Crippen MR) is 96.4 cm³/mol. The minimum Gasteiger partial charge on any atom is -0.313 e. The van der Waals surface area contributed by atoms with Crippen molar-refractivity contribution in [3.8, 4) is 5.69 Å². The summed E-state index contributed by atoms with van der Waals surface area (Å²) in [5, 5.41) is 12.1. The molecule has 25 heavy (non-hydrogen) atoms. The van der Waals surface area contributed by atoms with Crippen LogP contribution in [0.1, 0.15) is 11.6 Å². The Morgan fingerprint density at radius 1 is 1.12 bits per heavy atom. The molecule has 0 atom stereocenters. The number of hydrogen-bond acceptors (Lipinski definition) is 4. The van der Waals surface area contributed by atoms with Gasteiger partial charge in [0.2, 0.25) is 5.91 Å². The molecule has 1 aromatic heterocycles. The number of amides is 1. The van der Waals surface area contributed by atoms with Gasteiger partial charge in [-0.3, -0.25) is 14.3 Å². The highest BCUT2D eigenvalue weighted by Crippen LogP contribution is 2.37. The zero-order valence-corrected chi connectivity index (χ0v) is 14.4. The van der Waals surface area contributed by atoms with Crippen LogP contribution in [0.25, 0.3) is 5.69 Å². The minimum absolute atomic E-state index is 0.0723. The van der Waals surface area contributed by atoms with Gasteiger partial charge in [-0.1, -0.05) is 29.8 Å². The van der Waals surface area contributed by atoms with Gasteiger partial charge in [0.15, 0.2) is 5.82 Å². The Hall–Kier alpha value is -2.70. The lowest BCUT2D eigenvalue weighted by molar-refractivity contribution is -0.117. The molecule has 0 unspecified atom stereocenters. The molecule has 0 aliphatic carbocycles. The van der Waals surface area contributed by atoms with Crippen LogP contribution in [0.2, 0.25) is 5.02 Å².